The first-order valence-corrected chi connectivity index (χ1v) is 8.28. The molecule has 118 valence electrons. The van der Waals surface area contributed by atoms with Crippen molar-refractivity contribution in [1.82, 2.24) is 10.3 Å². The van der Waals surface area contributed by atoms with Crippen LogP contribution in [0.2, 0.25) is 0 Å². The number of nitrogens with zero attached hydrogens (tertiary/aromatic N) is 1. The molecule has 1 amide bonds. The zero-order valence-electron chi connectivity index (χ0n) is 13.4. The molecular weight excluding hydrogens is 296 g/mol. The Morgan fingerprint density at radius 2 is 1.95 bits per heavy atom. The lowest BCUT2D eigenvalue weighted by atomic mass is 10.1. The number of carbonyl (C=O) groups excluding carboxylic acids is 1. The van der Waals surface area contributed by atoms with E-state index in [1.165, 1.54) is 0 Å². The quantitative estimate of drug-likeness (QED) is 0.884. The van der Waals surface area contributed by atoms with Crippen LogP contribution in [0.5, 0.6) is 5.75 Å². The summed E-state index contributed by atoms with van der Waals surface area (Å²) in [4.78, 5) is 16.2. The Morgan fingerprint density at radius 1 is 1.27 bits per heavy atom. The maximum absolute atomic E-state index is 11.8. The van der Waals surface area contributed by atoms with Gasteiger partial charge >= 0.3 is 0 Å². The third kappa shape index (κ3) is 4.56. The minimum absolute atomic E-state index is 0.0345. The molecule has 5 heteroatoms. The maximum Gasteiger partial charge on any atom is 0.258 e. The van der Waals surface area contributed by atoms with Gasteiger partial charge in [-0.2, -0.15) is 0 Å². The van der Waals surface area contributed by atoms with Crippen molar-refractivity contribution in [2.45, 2.75) is 33.7 Å². The molecule has 0 unspecified atom stereocenters. The van der Waals surface area contributed by atoms with Crippen LogP contribution in [0.1, 0.15) is 26.5 Å². The molecule has 0 aliphatic rings. The lowest BCUT2D eigenvalue weighted by molar-refractivity contribution is -0.124. The number of thiazole rings is 1. The second-order valence-corrected chi connectivity index (χ2v) is 6.57. The van der Waals surface area contributed by atoms with Crippen molar-refractivity contribution in [3.05, 3.63) is 35.3 Å². The van der Waals surface area contributed by atoms with E-state index < -0.39 is 0 Å². The average molecular weight is 318 g/mol. The number of rotatable bonds is 6. The van der Waals surface area contributed by atoms with Crippen molar-refractivity contribution >= 4 is 17.2 Å². The fraction of sp³-hybridized carbons (Fsp3) is 0.412. The summed E-state index contributed by atoms with van der Waals surface area (Å²) in [6.45, 7) is 8.16. The van der Waals surface area contributed by atoms with E-state index in [1.807, 2.05) is 43.5 Å². The standard InChI is InChI=1S/C17H22N2O2S/c1-11(2)13(4)19-16(20)9-21-15-7-5-14(6-8-15)17-18-12(3)10-22-17/h5-8,10-11,13H,9H2,1-4H3,(H,19,20)/t13-/m0/s1. The van der Waals surface area contributed by atoms with Gasteiger partial charge in [0.1, 0.15) is 10.8 Å². The molecule has 1 heterocycles. The predicted octanol–water partition coefficient (Wildman–Crippen LogP) is 3.66. The molecule has 2 aromatic rings. The van der Waals surface area contributed by atoms with E-state index in [-0.39, 0.29) is 18.6 Å². The highest BCUT2D eigenvalue weighted by Gasteiger charge is 2.11. The first-order valence-electron chi connectivity index (χ1n) is 7.40. The molecule has 0 aliphatic heterocycles. The lowest BCUT2D eigenvalue weighted by Gasteiger charge is -2.17. The largest absolute Gasteiger partial charge is 0.484 e. The molecule has 0 saturated heterocycles. The number of ether oxygens (including phenoxy) is 1. The molecule has 0 aliphatic carbocycles. The molecule has 22 heavy (non-hydrogen) atoms. The third-order valence-electron chi connectivity index (χ3n) is 3.48. The van der Waals surface area contributed by atoms with E-state index in [2.05, 4.69) is 24.1 Å². The number of hydrogen-bond acceptors (Lipinski definition) is 4. The summed E-state index contributed by atoms with van der Waals surface area (Å²) in [5.41, 5.74) is 2.08. The molecular formula is C17H22N2O2S. The van der Waals surface area contributed by atoms with E-state index in [1.54, 1.807) is 11.3 Å². The van der Waals surface area contributed by atoms with Gasteiger partial charge in [0, 0.05) is 22.7 Å². The van der Waals surface area contributed by atoms with Crippen molar-refractivity contribution in [2.24, 2.45) is 5.92 Å². The summed E-state index contributed by atoms with van der Waals surface area (Å²) >= 11 is 1.62. The molecule has 1 N–H and O–H groups in total. The number of nitrogens with one attached hydrogen (secondary N) is 1. The van der Waals surface area contributed by atoms with Gasteiger partial charge in [-0.1, -0.05) is 13.8 Å². The molecule has 1 aromatic heterocycles. The topological polar surface area (TPSA) is 51.2 Å². The Bertz CT molecular complexity index is 620. The van der Waals surface area contributed by atoms with Gasteiger partial charge in [0.25, 0.3) is 5.91 Å². The third-order valence-corrected chi connectivity index (χ3v) is 4.49. The molecule has 4 nitrogen and oxygen atoms in total. The van der Waals surface area contributed by atoms with Gasteiger partial charge in [0.2, 0.25) is 0 Å². The monoisotopic (exact) mass is 318 g/mol. The average Bonchev–Trinajstić information content (AvgIpc) is 2.92. The molecule has 1 aromatic carbocycles. The predicted molar refractivity (Wildman–Crippen MR) is 90.2 cm³/mol. The van der Waals surface area contributed by atoms with Crippen LogP contribution in [-0.2, 0) is 4.79 Å². The zero-order chi connectivity index (χ0) is 16.1. The Kier molecular flexibility index (Phi) is 5.55. The van der Waals surface area contributed by atoms with Crippen LogP contribution in [-0.4, -0.2) is 23.5 Å². The maximum atomic E-state index is 11.8. The van der Waals surface area contributed by atoms with Gasteiger partial charge in [-0.25, -0.2) is 4.98 Å². The Balaban J connectivity index is 1.88. The van der Waals surface area contributed by atoms with E-state index in [9.17, 15) is 4.79 Å². The summed E-state index contributed by atoms with van der Waals surface area (Å²) in [5.74, 6) is 0.996. The highest BCUT2D eigenvalue weighted by Crippen LogP contribution is 2.25. The van der Waals surface area contributed by atoms with Crippen LogP contribution >= 0.6 is 11.3 Å². The van der Waals surface area contributed by atoms with Gasteiger partial charge in [0.05, 0.1) is 0 Å². The molecule has 0 fully saturated rings. The van der Waals surface area contributed by atoms with E-state index in [0.717, 1.165) is 16.3 Å². The minimum atomic E-state index is -0.0965. The van der Waals surface area contributed by atoms with E-state index in [0.29, 0.717) is 11.7 Å². The van der Waals surface area contributed by atoms with Gasteiger partial charge in [-0.15, -0.1) is 11.3 Å². The lowest BCUT2D eigenvalue weighted by Crippen LogP contribution is -2.38. The van der Waals surface area contributed by atoms with Crippen molar-refractivity contribution in [3.63, 3.8) is 0 Å². The normalized spacial score (nSPS) is 12.2. The van der Waals surface area contributed by atoms with Crippen LogP contribution in [0.25, 0.3) is 10.6 Å². The first-order chi connectivity index (χ1) is 10.5. The van der Waals surface area contributed by atoms with Gasteiger partial charge in [-0.3, -0.25) is 4.79 Å². The second kappa shape index (κ2) is 7.40. The molecule has 2 rings (SSSR count). The van der Waals surface area contributed by atoms with Crippen LogP contribution < -0.4 is 10.1 Å². The SMILES string of the molecule is Cc1csc(-c2ccc(OCC(=O)N[C@@H](C)C(C)C)cc2)n1. The van der Waals surface area contributed by atoms with Crippen LogP contribution in [0.3, 0.4) is 0 Å². The summed E-state index contributed by atoms with van der Waals surface area (Å²) in [6, 6.07) is 7.80. The number of aryl methyl sites for hydroxylation is 1. The van der Waals surface area contributed by atoms with Crippen molar-refractivity contribution in [3.8, 4) is 16.3 Å². The number of amides is 1. The number of aromatic nitrogens is 1. The smallest absolute Gasteiger partial charge is 0.258 e. The summed E-state index contributed by atoms with van der Waals surface area (Å²) in [7, 11) is 0. The fourth-order valence-corrected chi connectivity index (χ4v) is 2.60. The van der Waals surface area contributed by atoms with Crippen LogP contribution in [0, 0.1) is 12.8 Å². The second-order valence-electron chi connectivity index (χ2n) is 5.71. The zero-order valence-corrected chi connectivity index (χ0v) is 14.2. The number of benzene rings is 1. The van der Waals surface area contributed by atoms with Crippen molar-refractivity contribution in [1.29, 1.82) is 0 Å². The van der Waals surface area contributed by atoms with E-state index in [4.69, 9.17) is 4.74 Å². The van der Waals surface area contributed by atoms with Crippen molar-refractivity contribution < 1.29 is 9.53 Å². The van der Waals surface area contributed by atoms with Crippen LogP contribution in [0.4, 0.5) is 0 Å². The first kappa shape index (κ1) is 16.5. The highest BCUT2D eigenvalue weighted by atomic mass is 32.1. The van der Waals surface area contributed by atoms with E-state index >= 15 is 0 Å². The van der Waals surface area contributed by atoms with Gasteiger partial charge in [-0.05, 0) is 44.0 Å². The minimum Gasteiger partial charge on any atom is -0.484 e. The fourth-order valence-electron chi connectivity index (χ4n) is 1.79. The van der Waals surface area contributed by atoms with Crippen LogP contribution in [0.15, 0.2) is 29.6 Å². The van der Waals surface area contributed by atoms with Gasteiger partial charge in [0.15, 0.2) is 6.61 Å². The molecule has 0 saturated carbocycles. The summed E-state index contributed by atoms with van der Waals surface area (Å²) in [5, 5.41) is 5.94. The van der Waals surface area contributed by atoms with Gasteiger partial charge < -0.3 is 10.1 Å². The number of hydrogen-bond donors (Lipinski definition) is 1. The summed E-state index contributed by atoms with van der Waals surface area (Å²) < 4.78 is 5.52. The van der Waals surface area contributed by atoms with Crippen molar-refractivity contribution in [2.75, 3.05) is 6.61 Å². The Labute approximate surface area is 135 Å². The molecule has 0 bridgehead atoms. The number of carbonyl (C=O) groups is 1. The molecule has 0 radical (unpaired) electrons. The highest BCUT2D eigenvalue weighted by molar-refractivity contribution is 7.13. The Hall–Kier alpha value is -1.88. The molecule has 0 spiro atoms. The summed E-state index contributed by atoms with van der Waals surface area (Å²) in [6.07, 6.45) is 0. The Morgan fingerprint density at radius 3 is 2.50 bits per heavy atom. The molecule has 1 atom stereocenters.